The third kappa shape index (κ3) is 2.30. The molecule has 5 heteroatoms. The van der Waals surface area contributed by atoms with E-state index in [9.17, 15) is 9.59 Å². The Bertz CT molecular complexity index is 456. The van der Waals surface area contributed by atoms with Gasteiger partial charge in [-0.3, -0.25) is 9.59 Å². The molecule has 2 rings (SSSR count). The summed E-state index contributed by atoms with van der Waals surface area (Å²) >= 11 is 1.16. The molecule has 1 atom stereocenters. The third-order valence-electron chi connectivity index (χ3n) is 2.04. The second kappa shape index (κ2) is 4.49. The second-order valence-electron chi connectivity index (χ2n) is 3.32. The van der Waals surface area contributed by atoms with Crippen molar-refractivity contribution in [2.75, 3.05) is 5.32 Å². The van der Waals surface area contributed by atoms with E-state index >= 15 is 0 Å². The minimum absolute atomic E-state index is 0.171. The molecule has 0 fully saturated rings. The van der Waals surface area contributed by atoms with Gasteiger partial charge in [0.1, 0.15) is 5.04 Å². The van der Waals surface area contributed by atoms with E-state index in [2.05, 4.69) is 10.3 Å². The minimum Gasteiger partial charge on any atom is -0.365 e. The number of aliphatic imine (C=N–C) groups is 1. The standard InChI is InChI=1S/C11H10N2O2S/c1-7(14)10-13-9(15)11(16-10)12-8-5-3-2-4-6-8/h2-6,11-12H,1H3. The molecule has 0 spiro atoms. The van der Waals surface area contributed by atoms with Crippen molar-refractivity contribution in [3.63, 3.8) is 0 Å². The largest absolute Gasteiger partial charge is 0.365 e. The van der Waals surface area contributed by atoms with Gasteiger partial charge in [-0.05, 0) is 12.1 Å². The van der Waals surface area contributed by atoms with Crippen molar-refractivity contribution in [3.8, 4) is 0 Å². The molecule has 1 aliphatic rings. The quantitative estimate of drug-likeness (QED) is 0.864. The van der Waals surface area contributed by atoms with Gasteiger partial charge in [0.2, 0.25) is 0 Å². The van der Waals surface area contributed by atoms with Crippen LogP contribution in [0.15, 0.2) is 35.3 Å². The number of amides is 1. The number of anilines is 1. The number of hydrogen-bond acceptors (Lipinski definition) is 4. The number of nitrogens with one attached hydrogen (secondary N) is 1. The number of thioether (sulfide) groups is 1. The monoisotopic (exact) mass is 234 g/mol. The van der Waals surface area contributed by atoms with Crippen LogP contribution in [0.1, 0.15) is 6.92 Å². The molecule has 16 heavy (non-hydrogen) atoms. The molecule has 0 saturated heterocycles. The Morgan fingerprint density at radius 2 is 2.06 bits per heavy atom. The number of carbonyl (C=O) groups excluding carboxylic acids is 2. The van der Waals surface area contributed by atoms with Crippen molar-refractivity contribution < 1.29 is 9.59 Å². The molecule has 1 heterocycles. The van der Waals surface area contributed by atoms with Crippen LogP contribution in [0.3, 0.4) is 0 Å². The molecule has 0 saturated carbocycles. The van der Waals surface area contributed by atoms with Crippen LogP contribution in [-0.4, -0.2) is 22.1 Å². The second-order valence-corrected chi connectivity index (χ2v) is 4.41. The van der Waals surface area contributed by atoms with Crippen molar-refractivity contribution in [2.45, 2.75) is 12.3 Å². The third-order valence-corrected chi connectivity index (χ3v) is 3.20. The maximum atomic E-state index is 11.5. The van der Waals surface area contributed by atoms with Crippen LogP contribution in [-0.2, 0) is 9.59 Å². The van der Waals surface area contributed by atoms with E-state index in [4.69, 9.17) is 0 Å². The van der Waals surface area contributed by atoms with Gasteiger partial charge in [0.05, 0.1) is 0 Å². The fourth-order valence-corrected chi connectivity index (χ4v) is 2.17. The molecule has 82 valence electrons. The average molecular weight is 234 g/mol. The molecule has 0 bridgehead atoms. The number of rotatable bonds is 3. The number of hydrogen-bond donors (Lipinski definition) is 1. The lowest BCUT2D eigenvalue weighted by Crippen LogP contribution is -2.21. The van der Waals surface area contributed by atoms with E-state index in [1.165, 1.54) is 6.92 Å². The first kappa shape index (κ1) is 10.9. The van der Waals surface area contributed by atoms with E-state index < -0.39 is 5.37 Å². The molecule has 4 nitrogen and oxygen atoms in total. The predicted octanol–water partition coefficient (Wildman–Crippen LogP) is 1.69. The highest BCUT2D eigenvalue weighted by molar-refractivity contribution is 8.17. The molecular formula is C11H10N2O2S. The van der Waals surface area contributed by atoms with Gasteiger partial charge in [0.25, 0.3) is 5.91 Å². The van der Waals surface area contributed by atoms with Crippen LogP contribution in [0, 0.1) is 0 Å². The zero-order valence-electron chi connectivity index (χ0n) is 8.64. The fourth-order valence-electron chi connectivity index (χ4n) is 1.29. The van der Waals surface area contributed by atoms with Crippen LogP contribution in [0.4, 0.5) is 5.69 Å². The number of para-hydroxylation sites is 1. The Kier molecular flexibility index (Phi) is 3.05. The van der Waals surface area contributed by atoms with Crippen molar-refractivity contribution in [1.29, 1.82) is 0 Å². The summed E-state index contributed by atoms with van der Waals surface area (Å²) in [5.74, 6) is -0.477. The molecule has 1 N–H and O–H groups in total. The van der Waals surface area contributed by atoms with Crippen LogP contribution in [0.25, 0.3) is 0 Å². The van der Waals surface area contributed by atoms with Crippen LogP contribution in [0.2, 0.25) is 0 Å². The molecule has 0 aliphatic carbocycles. The average Bonchev–Trinajstić information content (AvgIpc) is 2.62. The Morgan fingerprint density at radius 3 is 2.62 bits per heavy atom. The molecule has 0 radical (unpaired) electrons. The van der Waals surface area contributed by atoms with Crippen molar-refractivity contribution in [2.24, 2.45) is 4.99 Å². The van der Waals surface area contributed by atoms with E-state index in [-0.39, 0.29) is 16.7 Å². The number of benzene rings is 1. The topological polar surface area (TPSA) is 58.5 Å². The summed E-state index contributed by atoms with van der Waals surface area (Å²) < 4.78 is 0. The van der Waals surface area contributed by atoms with Gasteiger partial charge in [-0.25, -0.2) is 4.99 Å². The first-order valence-electron chi connectivity index (χ1n) is 4.78. The Hall–Kier alpha value is -1.62. The van der Waals surface area contributed by atoms with Gasteiger partial charge >= 0.3 is 0 Å². The van der Waals surface area contributed by atoms with Gasteiger partial charge in [-0.1, -0.05) is 30.0 Å². The minimum atomic E-state index is -0.485. The molecule has 1 aromatic rings. The van der Waals surface area contributed by atoms with Gasteiger partial charge in [-0.15, -0.1) is 0 Å². The van der Waals surface area contributed by atoms with E-state index in [0.717, 1.165) is 17.4 Å². The summed E-state index contributed by atoms with van der Waals surface area (Å²) in [7, 11) is 0. The van der Waals surface area contributed by atoms with E-state index in [1.807, 2.05) is 30.3 Å². The highest BCUT2D eigenvalue weighted by Gasteiger charge is 2.30. The van der Waals surface area contributed by atoms with Crippen molar-refractivity contribution in [1.82, 2.24) is 0 Å². The smallest absolute Gasteiger partial charge is 0.280 e. The Morgan fingerprint density at radius 1 is 1.38 bits per heavy atom. The zero-order valence-corrected chi connectivity index (χ0v) is 9.45. The summed E-state index contributed by atoms with van der Waals surface area (Å²) in [4.78, 5) is 26.2. The van der Waals surface area contributed by atoms with Gasteiger partial charge < -0.3 is 5.32 Å². The number of ketones is 1. The number of nitrogens with zero attached hydrogens (tertiary/aromatic N) is 1. The van der Waals surface area contributed by atoms with E-state index in [0.29, 0.717) is 0 Å². The van der Waals surface area contributed by atoms with Crippen LogP contribution < -0.4 is 5.32 Å². The first-order valence-corrected chi connectivity index (χ1v) is 5.66. The van der Waals surface area contributed by atoms with E-state index in [1.54, 1.807) is 0 Å². The lowest BCUT2D eigenvalue weighted by Gasteiger charge is -2.10. The lowest BCUT2D eigenvalue weighted by atomic mass is 10.3. The molecule has 1 amide bonds. The summed E-state index contributed by atoms with van der Waals surface area (Å²) in [6.07, 6.45) is 0. The van der Waals surface area contributed by atoms with Crippen LogP contribution in [0.5, 0.6) is 0 Å². The fraction of sp³-hybridized carbons (Fsp3) is 0.182. The first-order chi connectivity index (χ1) is 7.66. The highest BCUT2D eigenvalue weighted by atomic mass is 32.2. The highest BCUT2D eigenvalue weighted by Crippen LogP contribution is 2.24. The predicted molar refractivity (Wildman–Crippen MR) is 64.6 cm³/mol. The Balaban J connectivity index is 2.05. The molecule has 1 aromatic carbocycles. The van der Waals surface area contributed by atoms with Gasteiger partial charge in [0.15, 0.2) is 11.2 Å². The number of carbonyl (C=O) groups is 2. The van der Waals surface area contributed by atoms with Crippen LogP contribution >= 0.6 is 11.8 Å². The maximum Gasteiger partial charge on any atom is 0.280 e. The van der Waals surface area contributed by atoms with Gasteiger partial charge in [0, 0.05) is 12.6 Å². The normalized spacial score (nSPS) is 19.4. The zero-order chi connectivity index (χ0) is 11.5. The lowest BCUT2D eigenvalue weighted by molar-refractivity contribution is -0.117. The Labute approximate surface area is 97.1 Å². The maximum absolute atomic E-state index is 11.5. The molecule has 0 aromatic heterocycles. The van der Waals surface area contributed by atoms with Gasteiger partial charge in [-0.2, -0.15) is 0 Å². The summed E-state index contributed by atoms with van der Waals surface area (Å²) in [5.41, 5.74) is 0.841. The summed E-state index contributed by atoms with van der Waals surface area (Å²) in [6.45, 7) is 1.41. The SMILES string of the molecule is CC(=O)C1=NC(=O)C(Nc2ccccc2)S1. The van der Waals surface area contributed by atoms with Crippen molar-refractivity contribution in [3.05, 3.63) is 30.3 Å². The summed E-state index contributed by atoms with van der Waals surface area (Å²) in [6, 6.07) is 9.36. The summed E-state index contributed by atoms with van der Waals surface area (Å²) in [5, 5.41) is 2.81. The van der Waals surface area contributed by atoms with Crippen molar-refractivity contribution >= 4 is 34.2 Å². The molecule has 1 aliphatic heterocycles. The number of Topliss-reactive ketones (excluding diaryl/α,β-unsaturated/α-hetero) is 1. The molecular weight excluding hydrogens is 224 g/mol. The molecule has 1 unspecified atom stereocenters.